The van der Waals surface area contributed by atoms with Gasteiger partial charge in [0, 0.05) is 40.6 Å². The number of nitrogens with zero attached hydrogens (tertiary/aromatic N) is 2. The molecule has 0 bridgehead atoms. The predicted molar refractivity (Wildman–Crippen MR) is 145 cm³/mol. The Morgan fingerprint density at radius 1 is 0.550 bits per heavy atom. The summed E-state index contributed by atoms with van der Waals surface area (Å²) >= 11 is 0. The molecule has 4 aromatic rings. The summed E-state index contributed by atoms with van der Waals surface area (Å²) in [5.74, 6) is -1.91. The van der Waals surface area contributed by atoms with Crippen molar-refractivity contribution in [2.75, 3.05) is 0 Å². The zero-order valence-electron chi connectivity index (χ0n) is 20.8. The normalized spacial score (nSPS) is 11.8. The summed E-state index contributed by atoms with van der Waals surface area (Å²) in [5.41, 5.74) is 2.18. The molecule has 0 aliphatic rings. The summed E-state index contributed by atoms with van der Waals surface area (Å²) in [7, 11) is 0. The Kier molecular flexibility index (Phi) is 14.7. The van der Waals surface area contributed by atoms with E-state index in [0.717, 1.165) is 0 Å². The molecule has 8 nitrogen and oxygen atoms in total. The maximum Gasteiger partial charge on any atom is 2.00 e. The summed E-state index contributed by atoms with van der Waals surface area (Å²) in [6.45, 7) is 0. The van der Waals surface area contributed by atoms with Crippen molar-refractivity contribution in [3.8, 4) is 11.5 Å². The number of aromatic hydroxyl groups is 2. The Labute approximate surface area is 252 Å². The minimum absolute atomic E-state index is 0. The van der Waals surface area contributed by atoms with Gasteiger partial charge >= 0.3 is 29.0 Å². The summed E-state index contributed by atoms with van der Waals surface area (Å²) in [4.78, 5) is 30.5. The van der Waals surface area contributed by atoms with Gasteiger partial charge in [-0.3, -0.25) is 9.98 Å². The van der Waals surface area contributed by atoms with E-state index in [1.54, 1.807) is 84.9 Å². The number of hydrogen-bond donors (Lipinski definition) is 4. The standard InChI is InChI=1S/2C15H13NO3.2Cu/c2*17-13-9-5-4-8-12(13)10-16-14(15(18)19)11-6-2-1-3-7-11;;/h2*1-10,14,17H,(H,18,19);;/q;;;+2/t2*14-;;/m10../s1. The first kappa shape index (κ1) is 33.8. The van der Waals surface area contributed by atoms with Crippen LogP contribution in [0.3, 0.4) is 0 Å². The molecule has 212 valence electrons. The molecule has 0 spiro atoms. The predicted octanol–water partition coefficient (Wildman–Crippen LogP) is 5.27. The summed E-state index contributed by atoms with van der Waals surface area (Å²) < 4.78 is 0. The molecule has 0 heterocycles. The van der Waals surface area contributed by atoms with Gasteiger partial charge in [0.15, 0.2) is 12.1 Å². The molecule has 0 aliphatic heterocycles. The summed E-state index contributed by atoms with van der Waals surface area (Å²) in [5, 5.41) is 37.6. The molecule has 0 aliphatic carbocycles. The molecule has 0 saturated carbocycles. The van der Waals surface area contributed by atoms with Gasteiger partial charge in [-0.15, -0.1) is 0 Å². The first-order valence-corrected chi connectivity index (χ1v) is 11.5. The second-order valence-corrected chi connectivity index (χ2v) is 7.98. The van der Waals surface area contributed by atoms with Crippen molar-refractivity contribution < 1.29 is 64.2 Å². The number of para-hydroxylation sites is 2. The molecular formula is C30H26Cu2N2O6+2. The first-order chi connectivity index (χ1) is 18.4. The topological polar surface area (TPSA) is 140 Å². The van der Waals surface area contributed by atoms with Crippen LogP contribution in [0.2, 0.25) is 0 Å². The number of phenols is 2. The third-order valence-electron chi connectivity index (χ3n) is 5.30. The number of rotatable bonds is 8. The van der Waals surface area contributed by atoms with Crippen molar-refractivity contribution in [3.63, 3.8) is 0 Å². The van der Waals surface area contributed by atoms with Gasteiger partial charge in [-0.1, -0.05) is 84.9 Å². The van der Waals surface area contributed by atoms with Gasteiger partial charge in [-0.25, -0.2) is 9.59 Å². The molecule has 0 amide bonds. The summed E-state index contributed by atoms with van der Waals surface area (Å²) in [6, 6.07) is 28.9. The Morgan fingerprint density at radius 3 is 1.15 bits per heavy atom. The second-order valence-electron chi connectivity index (χ2n) is 7.98. The molecule has 4 aromatic carbocycles. The number of benzene rings is 4. The van der Waals surface area contributed by atoms with Crippen LogP contribution in [0.5, 0.6) is 11.5 Å². The fraction of sp³-hybridized carbons (Fsp3) is 0.0667. The van der Waals surface area contributed by atoms with Crippen molar-refractivity contribution in [2.45, 2.75) is 12.1 Å². The maximum atomic E-state index is 11.2. The third kappa shape index (κ3) is 10.2. The van der Waals surface area contributed by atoms with Crippen LogP contribution in [0.25, 0.3) is 0 Å². The first-order valence-electron chi connectivity index (χ1n) is 11.5. The molecule has 0 fully saturated rings. The fourth-order valence-corrected chi connectivity index (χ4v) is 3.36. The number of carboxylic acids is 2. The Morgan fingerprint density at radius 2 is 0.850 bits per heavy atom. The Bertz CT molecular complexity index is 1310. The van der Waals surface area contributed by atoms with E-state index in [9.17, 15) is 30.0 Å². The van der Waals surface area contributed by atoms with Gasteiger partial charge in [0.05, 0.1) is 0 Å². The van der Waals surface area contributed by atoms with E-state index < -0.39 is 24.0 Å². The van der Waals surface area contributed by atoms with E-state index in [1.807, 2.05) is 12.1 Å². The maximum absolute atomic E-state index is 11.2. The van der Waals surface area contributed by atoms with Crippen LogP contribution in [-0.4, -0.2) is 44.8 Å². The van der Waals surface area contributed by atoms with Crippen LogP contribution in [0.1, 0.15) is 34.3 Å². The average Bonchev–Trinajstić information content (AvgIpc) is 2.92. The van der Waals surface area contributed by atoms with Crippen LogP contribution in [0.15, 0.2) is 119 Å². The minimum atomic E-state index is -1.03. The van der Waals surface area contributed by atoms with Gasteiger partial charge in [-0.2, -0.15) is 0 Å². The number of carboxylic acid groups (broad SMARTS) is 2. The van der Waals surface area contributed by atoms with Gasteiger partial charge in [0.25, 0.3) is 0 Å². The molecule has 0 unspecified atom stereocenters. The summed E-state index contributed by atoms with van der Waals surface area (Å²) in [6.07, 6.45) is 2.75. The van der Waals surface area contributed by atoms with Gasteiger partial charge in [0.1, 0.15) is 11.5 Å². The molecule has 4 rings (SSSR count). The molecule has 10 heteroatoms. The number of aliphatic imine (C=N–C) groups is 2. The SMILES string of the molecule is O=C(O)[C@@H](N=Cc1ccccc1O)c1ccccc1.O=C(O)[C@H](N=Cc1ccccc1O)c1ccccc1.[Cu+2].[Cu]. The van der Waals surface area contributed by atoms with E-state index >= 15 is 0 Å². The quantitative estimate of drug-likeness (QED) is 0.153. The number of hydrogen-bond acceptors (Lipinski definition) is 6. The molecule has 2 radical (unpaired) electrons. The molecule has 4 N–H and O–H groups in total. The zero-order chi connectivity index (χ0) is 27.3. The van der Waals surface area contributed by atoms with Crippen LogP contribution in [0, 0.1) is 0 Å². The zero-order valence-corrected chi connectivity index (χ0v) is 22.7. The van der Waals surface area contributed by atoms with E-state index in [-0.39, 0.29) is 45.6 Å². The van der Waals surface area contributed by atoms with Crippen molar-refractivity contribution >= 4 is 24.4 Å². The fourth-order valence-electron chi connectivity index (χ4n) is 3.36. The average molecular weight is 638 g/mol. The van der Waals surface area contributed by atoms with Crippen molar-refractivity contribution in [2.24, 2.45) is 9.98 Å². The van der Waals surface area contributed by atoms with Crippen molar-refractivity contribution in [1.29, 1.82) is 0 Å². The van der Waals surface area contributed by atoms with Gasteiger partial charge < -0.3 is 20.4 Å². The minimum Gasteiger partial charge on any atom is -0.507 e. The van der Waals surface area contributed by atoms with Crippen molar-refractivity contribution in [1.82, 2.24) is 0 Å². The molecular weight excluding hydrogens is 611 g/mol. The second kappa shape index (κ2) is 17.4. The van der Waals surface area contributed by atoms with Crippen LogP contribution < -0.4 is 0 Å². The van der Waals surface area contributed by atoms with Gasteiger partial charge in [0.2, 0.25) is 0 Å². The number of aliphatic carboxylic acids is 2. The molecule has 40 heavy (non-hydrogen) atoms. The van der Waals surface area contributed by atoms with E-state index in [4.69, 9.17) is 0 Å². The number of carbonyl (C=O) groups is 2. The Hall–Kier alpha value is -4.20. The van der Waals surface area contributed by atoms with E-state index in [1.165, 1.54) is 24.6 Å². The van der Waals surface area contributed by atoms with Crippen molar-refractivity contribution in [3.05, 3.63) is 131 Å². The van der Waals surface area contributed by atoms with Gasteiger partial charge in [-0.05, 0) is 35.4 Å². The molecule has 0 saturated heterocycles. The molecule has 0 aromatic heterocycles. The monoisotopic (exact) mass is 636 g/mol. The van der Waals surface area contributed by atoms with Crippen LogP contribution >= 0.6 is 0 Å². The van der Waals surface area contributed by atoms with Crippen LogP contribution in [-0.2, 0) is 43.7 Å². The van der Waals surface area contributed by atoms with E-state index in [0.29, 0.717) is 22.3 Å². The third-order valence-corrected chi connectivity index (χ3v) is 5.30. The van der Waals surface area contributed by atoms with E-state index in [2.05, 4.69) is 9.98 Å². The largest absolute Gasteiger partial charge is 2.00 e. The molecule has 2 atom stereocenters. The number of phenolic OH excluding ortho intramolecular Hbond substituents is 2. The van der Waals surface area contributed by atoms with Crippen LogP contribution in [0.4, 0.5) is 0 Å². The Balaban J connectivity index is 0.000000381. The smallest absolute Gasteiger partial charge is 0.507 e.